The Labute approximate surface area is 171 Å². The third kappa shape index (κ3) is 5.83. The number of amides is 3. The first kappa shape index (κ1) is 20.4. The van der Waals surface area contributed by atoms with Gasteiger partial charge in [-0.15, -0.1) is 11.3 Å². The van der Waals surface area contributed by atoms with Crippen LogP contribution in [0.25, 0.3) is 0 Å². The zero-order chi connectivity index (χ0) is 19.8. The molecule has 1 aliphatic heterocycles. The maximum absolute atomic E-state index is 12.5. The van der Waals surface area contributed by atoms with Gasteiger partial charge in [0.15, 0.2) is 0 Å². The minimum absolute atomic E-state index is 0.159. The van der Waals surface area contributed by atoms with Crippen LogP contribution in [0.2, 0.25) is 0 Å². The van der Waals surface area contributed by atoms with Crippen LogP contribution in [-0.2, 0) is 4.79 Å². The molecule has 3 amide bonds. The monoisotopic (exact) mass is 399 g/mol. The van der Waals surface area contributed by atoms with E-state index in [4.69, 9.17) is 0 Å². The summed E-state index contributed by atoms with van der Waals surface area (Å²) in [5.41, 5.74) is 2.26. The summed E-state index contributed by atoms with van der Waals surface area (Å²) in [6.07, 6.45) is 4.64. The quantitative estimate of drug-likeness (QED) is 0.684. The number of carbonyl (C=O) groups excluding carboxylic acids is 2. The molecule has 2 N–H and O–H groups in total. The molecule has 1 aromatic heterocycles. The smallest absolute Gasteiger partial charge is 0.315 e. The molecule has 1 atom stereocenters. The number of aryl methyl sites for hydroxylation is 1. The lowest BCUT2D eigenvalue weighted by Crippen LogP contribution is -2.40. The summed E-state index contributed by atoms with van der Waals surface area (Å²) < 4.78 is 0. The Hall–Kier alpha value is -2.34. The zero-order valence-corrected chi connectivity index (χ0v) is 17.3. The number of hydrogen-bond donors (Lipinski definition) is 2. The molecule has 1 fully saturated rings. The lowest BCUT2D eigenvalue weighted by Gasteiger charge is -2.21. The zero-order valence-electron chi connectivity index (χ0n) is 16.4. The molecule has 0 radical (unpaired) electrons. The first-order valence-corrected chi connectivity index (χ1v) is 10.9. The van der Waals surface area contributed by atoms with E-state index < -0.39 is 0 Å². The second-order valence-electron chi connectivity index (χ2n) is 7.30. The summed E-state index contributed by atoms with van der Waals surface area (Å²) in [6, 6.07) is 11.9. The largest absolute Gasteiger partial charge is 0.343 e. The Morgan fingerprint density at radius 3 is 2.75 bits per heavy atom. The standard InChI is InChI=1S/C22H29N3O2S/c1-17-9-11-18(12-10-17)21(19-7-5-16-28-19)24-22(27)23-13-6-15-25-14-4-2-3-8-20(25)26/h5,7,9-12,16,21H,2-4,6,8,13-15H2,1H3,(H2,23,24,27)/t21-/m1/s1. The molecule has 0 saturated carbocycles. The third-order valence-electron chi connectivity index (χ3n) is 5.08. The predicted molar refractivity (Wildman–Crippen MR) is 114 cm³/mol. The minimum Gasteiger partial charge on any atom is -0.343 e. The Morgan fingerprint density at radius 1 is 1.18 bits per heavy atom. The molecule has 2 aromatic rings. The van der Waals surface area contributed by atoms with Crippen molar-refractivity contribution in [1.82, 2.24) is 15.5 Å². The molecular weight excluding hydrogens is 370 g/mol. The number of likely N-dealkylation sites (tertiary alicyclic amines) is 1. The van der Waals surface area contributed by atoms with Gasteiger partial charge in [0, 0.05) is 30.9 Å². The summed E-state index contributed by atoms with van der Waals surface area (Å²) in [5.74, 6) is 0.249. The van der Waals surface area contributed by atoms with E-state index in [2.05, 4.69) is 41.8 Å². The van der Waals surface area contributed by atoms with E-state index in [-0.39, 0.29) is 18.0 Å². The molecule has 0 bridgehead atoms. The van der Waals surface area contributed by atoms with Crippen molar-refractivity contribution in [1.29, 1.82) is 0 Å². The maximum Gasteiger partial charge on any atom is 0.315 e. The van der Waals surface area contributed by atoms with E-state index in [0.29, 0.717) is 19.5 Å². The second kappa shape index (κ2) is 10.3. The summed E-state index contributed by atoms with van der Waals surface area (Å²) >= 11 is 1.63. The van der Waals surface area contributed by atoms with E-state index in [9.17, 15) is 9.59 Å². The topological polar surface area (TPSA) is 61.4 Å². The number of rotatable bonds is 7. The number of thiophene rings is 1. The van der Waals surface area contributed by atoms with E-state index in [0.717, 1.165) is 42.7 Å². The summed E-state index contributed by atoms with van der Waals surface area (Å²) in [4.78, 5) is 27.5. The van der Waals surface area contributed by atoms with Gasteiger partial charge in [0.05, 0.1) is 6.04 Å². The highest BCUT2D eigenvalue weighted by Crippen LogP contribution is 2.26. The average Bonchev–Trinajstić information content (AvgIpc) is 3.14. The molecule has 150 valence electrons. The fraction of sp³-hybridized carbons (Fsp3) is 0.455. The minimum atomic E-state index is -0.179. The molecular formula is C22H29N3O2S. The Bertz CT molecular complexity index is 759. The Kier molecular flexibility index (Phi) is 7.48. The highest BCUT2D eigenvalue weighted by atomic mass is 32.1. The van der Waals surface area contributed by atoms with Crippen molar-refractivity contribution in [2.75, 3.05) is 19.6 Å². The second-order valence-corrected chi connectivity index (χ2v) is 8.28. The molecule has 6 heteroatoms. The van der Waals surface area contributed by atoms with E-state index >= 15 is 0 Å². The van der Waals surface area contributed by atoms with Gasteiger partial charge in [-0.05, 0) is 43.2 Å². The lowest BCUT2D eigenvalue weighted by atomic mass is 10.0. The van der Waals surface area contributed by atoms with Crippen LogP contribution < -0.4 is 10.6 Å². The van der Waals surface area contributed by atoms with Crippen LogP contribution in [0.15, 0.2) is 41.8 Å². The number of urea groups is 1. The number of hydrogen-bond acceptors (Lipinski definition) is 3. The molecule has 1 aliphatic rings. The summed E-state index contributed by atoms with van der Waals surface area (Å²) in [5, 5.41) is 8.06. The van der Waals surface area contributed by atoms with Crippen molar-refractivity contribution in [2.24, 2.45) is 0 Å². The molecule has 0 spiro atoms. The first-order valence-electron chi connectivity index (χ1n) is 10.1. The van der Waals surface area contributed by atoms with Crippen LogP contribution in [-0.4, -0.2) is 36.5 Å². The fourth-order valence-corrected chi connectivity index (χ4v) is 4.26. The van der Waals surface area contributed by atoms with Crippen LogP contribution in [0.3, 0.4) is 0 Å². The Balaban J connectivity index is 1.50. The Morgan fingerprint density at radius 2 is 2.00 bits per heavy atom. The molecule has 5 nitrogen and oxygen atoms in total. The van der Waals surface area contributed by atoms with Crippen molar-refractivity contribution < 1.29 is 9.59 Å². The lowest BCUT2D eigenvalue weighted by molar-refractivity contribution is -0.130. The molecule has 28 heavy (non-hydrogen) atoms. The van der Waals surface area contributed by atoms with Crippen LogP contribution in [0.5, 0.6) is 0 Å². The molecule has 1 saturated heterocycles. The van der Waals surface area contributed by atoms with Gasteiger partial charge in [0.2, 0.25) is 5.91 Å². The van der Waals surface area contributed by atoms with Crippen molar-refractivity contribution in [3.63, 3.8) is 0 Å². The molecule has 1 aromatic carbocycles. The number of benzene rings is 1. The number of nitrogens with zero attached hydrogens (tertiary/aromatic N) is 1. The normalized spacial score (nSPS) is 15.8. The summed E-state index contributed by atoms with van der Waals surface area (Å²) in [7, 11) is 0. The van der Waals surface area contributed by atoms with Gasteiger partial charge in [0.1, 0.15) is 0 Å². The highest BCUT2D eigenvalue weighted by Gasteiger charge is 2.18. The number of carbonyl (C=O) groups is 2. The van der Waals surface area contributed by atoms with Crippen LogP contribution >= 0.6 is 11.3 Å². The van der Waals surface area contributed by atoms with Gasteiger partial charge < -0.3 is 15.5 Å². The van der Waals surface area contributed by atoms with Gasteiger partial charge in [-0.25, -0.2) is 4.79 Å². The van der Waals surface area contributed by atoms with E-state index in [1.807, 2.05) is 22.4 Å². The highest BCUT2D eigenvalue weighted by molar-refractivity contribution is 7.10. The van der Waals surface area contributed by atoms with Gasteiger partial charge in [0.25, 0.3) is 0 Å². The maximum atomic E-state index is 12.5. The van der Waals surface area contributed by atoms with E-state index in [1.165, 1.54) is 5.56 Å². The van der Waals surface area contributed by atoms with Crippen LogP contribution in [0, 0.1) is 6.92 Å². The van der Waals surface area contributed by atoms with Crippen molar-refractivity contribution in [2.45, 2.75) is 45.1 Å². The van der Waals surface area contributed by atoms with Gasteiger partial charge in [-0.2, -0.15) is 0 Å². The van der Waals surface area contributed by atoms with Gasteiger partial charge in [-0.1, -0.05) is 42.3 Å². The molecule has 0 aliphatic carbocycles. The number of nitrogens with one attached hydrogen (secondary N) is 2. The average molecular weight is 400 g/mol. The SMILES string of the molecule is Cc1ccc([C@@H](NC(=O)NCCCN2CCCCCC2=O)c2cccs2)cc1. The predicted octanol–water partition coefficient (Wildman–Crippen LogP) is 4.24. The summed E-state index contributed by atoms with van der Waals surface area (Å²) in [6.45, 7) is 4.17. The fourth-order valence-electron chi connectivity index (χ4n) is 3.46. The van der Waals surface area contributed by atoms with Crippen molar-refractivity contribution in [3.05, 3.63) is 57.8 Å². The third-order valence-corrected chi connectivity index (χ3v) is 6.01. The van der Waals surface area contributed by atoms with Crippen molar-refractivity contribution >= 4 is 23.3 Å². The molecule has 3 rings (SSSR count). The first-order chi connectivity index (χ1) is 13.6. The molecule has 0 unspecified atom stereocenters. The van der Waals surface area contributed by atoms with Crippen molar-refractivity contribution in [3.8, 4) is 0 Å². The van der Waals surface area contributed by atoms with E-state index in [1.54, 1.807) is 11.3 Å². The molecule has 2 heterocycles. The van der Waals surface area contributed by atoms with Gasteiger partial charge in [-0.3, -0.25) is 4.79 Å². The van der Waals surface area contributed by atoms with Crippen LogP contribution in [0.1, 0.15) is 54.1 Å². The van der Waals surface area contributed by atoms with Gasteiger partial charge >= 0.3 is 6.03 Å². The van der Waals surface area contributed by atoms with Crippen LogP contribution in [0.4, 0.5) is 4.79 Å².